The molecule has 2 heterocycles. The number of hydrogen-bond acceptors (Lipinski definition) is 9. The fraction of sp³-hybridized carbons (Fsp3) is 0.588. The summed E-state index contributed by atoms with van der Waals surface area (Å²) in [5, 5.41) is 24.3. The minimum absolute atomic E-state index is 0. The minimum Gasteiger partial charge on any atom is -0.478 e. The molecule has 0 unspecified atom stereocenters. The molecule has 0 atom stereocenters. The number of hydrogen-bond donors (Lipinski definition) is 5. The fourth-order valence-electron chi connectivity index (χ4n) is 3.21. The summed E-state index contributed by atoms with van der Waals surface area (Å²) in [6.07, 6.45) is 4.86. The van der Waals surface area contributed by atoms with E-state index in [1.54, 1.807) is 41.5 Å². The quantitative estimate of drug-likeness (QED) is 0.208. The Morgan fingerprint density at radius 1 is 0.745 bits per heavy atom. The molecule has 0 aliphatic carbocycles. The van der Waals surface area contributed by atoms with Crippen molar-refractivity contribution in [3.8, 4) is 0 Å². The Bertz CT molecular complexity index is 1480. The Kier molecular flexibility index (Phi) is 18.3. The summed E-state index contributed by atoms with van der Waals surface area (Å²) in [6, 6.07) is 0. The monoisotopic (exact) mass is 726 g/mol. The first-order valence-electron chi connectivity index (χ1n) is 16.0. The third-order valence-corrected chi connectivity index (χ3v) is 5.02. The molecule has 0 fully saturated rings. The highest BCUT2D eigenvalue weighted by Gasteiger charge is 2.19. The maximum Gasteiger partial charge on any atom is 0.407 e. The van der Waals surface area contributed by atoms with Crippen molar-refractivity contribution in [3.05, 3.63) is 59.7 Å². The van der Waals surface area contributed by atoms with Crippen LogP contribution in [0.5, 0.6) is 0 Å². The van der Waals surface area contributed by atoms with E-state index < -0.39 is 29.4 Å². The van der Waals surface area contributed by atoms with Gasteiger partial charge in [0.15, 0.2) is 0 Å². The van der Waals surface area contributed by atoms with Crippen molar-refractivity contribution in [3.63, 3.8) is 0 Å². The summed E-state index contributed by atoms with van der Waals surface area (Å²) in [6.45, 7) is 22.0. The molecular formula is C34H56F2N8O7. The van der Waals surface area contributed by atoms with E-state index in [1.165, 1.54) is 34.2 Å². The van der Waals surface area contributed by atoms with Gasteiger partial charge in [-0.2, -0.15) is 10.2 Å². The minimum atomic E-state index is -1.11. The van der Waals surface area contributed by atoms with Crippen molar-refractivity contribution in [2.24, 2.45) is 5.73 Å². The number of nitrogens with two attached hydrogens (primary N) is 1. The number of rotatable bonds is 10. The van der Waals surface area contributed by atoms with Crippen LogP contribution in [0.25, 0.3) is 0 Å². The molecule has 0 spiro atoms. The van der Waals surface area contributed by atoms with E-state index >= 15 is 0 Å². The molecule has 0 aliphatic heterocycles. The first-order valence-corrected chi connectivity index (χ1v) is 16.0. The van der Waals surface area contributed by atoms with E-state index in [-0.39, 0.29) is 59.9 Å². The van der Waals surface area contributed by atoms with Crippen LogP contribution in [0.15, 0.2) is 48.6 Å². The number of carbonyl (C=O) groups is 4. The van der Waals surface area contributed by atoms with Gasteiger partial charge in [-0.15, -0.1) is 0 Å². The lowest BCUT2D eigenvalue weighted by Crippen LogP contribution is -2.40. The smallest absolute Gasteiger partial charge is 0.407 e. The number of aromatic nitrogens is 4. The van der Waals surface area contributed by atoms with Gasteiger partial charge in [-0.1, -0.05) is 0 Å². The number of carboxylic acid groups (broad SMARTS) is 1. The number of amides is 3. The van der Waals surface area contributed by atoms with Crippen LogP contribution in [0, 0.1) is 0 Å². The van der Waals surface area contributed by atoms with Crippen molar-refractivity contribution in [1.82, 2.24) is 35.5 Å². The van der Waals surface area contributed by atoms with E-state index in [9.17, 15) is 28.0 Å². The average Bonchev–Trinajstić information content (AvgIpc) is 3.60. The number of nitrogens with one attached hydrogen (secondary N) is 3. The third-order valence-electron chi connectivity index (χ3n) is 5.02. The Morgan fingerprint density at radius 2 is 1.10 bits per heavy atom. The van der Waals surface area contributed by atoms with Gasteiger partial charge in [-0.25, -0.2) is 23.2 Å². The van der Waals surface area contributed by atoms with E-state index in [2.05, 4.69) is 26.1 Å². The van der Waals surface area contributed by atoms with Crippen LogP contribution in [0.1, 0.15) is 104 Å². The Morgan fingerprint density at radius 3 is 1.39 bits per heavy atom. The van der Waals surface area contributed by atoms with Crippen LogP contribution in [-0.4, -0.2) is 84.1 Å². The van der Waals surface area contributed by atoms with Gasteiger partial charge in [-0.05, 0) is 94.2 Å². The molecule has 0 saturated heterocycles. The van der Waals surface area contributed by atoms with Gasteiger partial charge >= 0.3 is 18.2 Å². The van der Waals surface area contributed by atoms with Gasteiger partial charge in [0, 0.05) is 36.6 Å². The molecule has 3 amide bonds. The van der Waals surface area contributed by atoms with Gasteiger partial charge in [0.25, 0.3) is 5.91 Å². The first-order chi connectivity index (χ1) is 23.1. The summed E-state index contributed by atoms with van der Waals surface area (Å²) in [4.78, 5) is 45.8. The molecule has 2 aromatic rings. The topological polar surface area (TPSA) is 205 Å². The number of nitrogens with zero attached hydrogens (tertiary/aromatic N) is 4. The number of halogens is 2. The van der Waals surface area contributed by atoms with Crippen molar-refractivity contribution >= 4 is 24.1 Å². The molecule has 51 heavy (non-hydrogen) atoms. The zero-order valence-corrected chi connectivity index (χ0v) is 31.8. The van der Waals surface area contributed by atoms with Crippen LogP contribution < -0.4 is 21.7 Å². The molecule has 15 nitrogen and oxygen atoms in total. The van der Waals surface area contributed by atoms with Gasteiger partial charge < -0.3 is 36.3 Å². The van der Waals surface area contributed by atoms with Crippen molar-refractivity contribution in [2.75, 3.05) is 13.1 Å². The van der Waals surface area contributed by atoms with Gasteiger partial charge in [0.05, 0.1) is 49.3 Å². The number of carboxylic acids is 1. The van der Waals surface area contributed by atoms with Crippen molar-refractivity contribution in [2.45, 2.75) is 118 Å². The maximum absolute atomic E-state index is 13.0. The molecule has 0 saturated carbocycles. The standard InChI is InChI=1S/C17H27FN4O3.C13H18FN3O4.C4H11N/c1-16(2,3)21-14(23)13-9-20-22(11-13)10-12(7-18)8-19-15(24)25-17(4,5)6;1-13(2,3)21-12(20)15-5-9(4-14)7-17-8-10(6-16-17)11(18)19;1-4(2,3)5/h7,9,11H,8,10H2,1-6H3,(H,19,24)(H,21,23);4,6,8H,5,7H2,1-3H3,(H,15,20)(H,18,19);5H2,1-3H3/b12-7+;9-4+;. The highest BCUT2D eigenvalue weighted by Crippen LogP contribution is 2.10. The van der Waals surface area contributed by atoms with Crippen LogP contribution in [0.2, 0.25) is 0 Å². The van der Waals surface area contributed by atoms with Gasteiger partial charge in [0.2, 0.25) is 0 Å². The summed E-state index contributed by atoms with van der Waals surface area (Å²) in [5.74, 6) is -1.37. The second-order valence-electron chi connectivity index (χ2n) is 15.5. The van der Waals surface area contributed by atoms with E-state index in [0.717, 1.165) is 0 Å². The van der Waals surface area contributed by atoms with Crippen LogP contribution in [0.3, 0.4) is 0 Å². The second-order valence-corrected chi connectivity index (χ2v) is 15.5. The molecule has 2 rings (SSSR count). The van der Waals surface area contributed by atoms with Crippen molar-refractivity contribution < 1.29 is 42.5 Å². The SMILES string of the molecule is CC(C)(C)N.CC(C)(C)NC(=O)c1cnn(C/C(=C/F)CNC(=O)OC(C)(C)C)c1.CC(C)(C)OC(=O)NC/C(=C\F)Cn1cc(C(=O)O)cn1. The summed E-state index contributed by atoms with van der Waals surface area (Å²) < 4.78 is 38.6. The van der Waals surface area contributed by atoms with Gasteiger partial charge in [-0.3, -0.25) is 14.2 Å². The summed E-state index contributed by atoms with van der Waals surface area (Å²) >= 11 is 0. The lowest BCUT2D eigenvalue weighted by molar-refractivity contribution is 0.0520. The molecule has 0 aromatic carbocycles. The average molecular weight is 727 g/mol. The molecule has 0 radical (unpaired) electrons. The summed E-state index contributed by atoms with van der Waals surface area (Å²) in [5.41, 5.74) is 4.63. The van der Waals surface area contributed by atoms with Crippen LogP contribution in [0.4, 0.5) is 18.4 Å². The Labute approximate surface area is 299 Å². The lowest BCUT2D eigenvalue weighted by Gasteiger charge is -2.20. The number of aromatic carboxylic acids is 1. The molecule has 0 aliphatic rings. The zero-order valence-electron chi connectivity index (χ0n) is 31.8. The van der Waals surface area contributed by atoms with Gasteiger partial charge in [0.1, 0.15) is 11.2 Å². The molecule has 6 N–H and O–H groups in total. The predicted molar refractivity (Wildman–Crippen MR) is 189 cm³/mol. The normalized spacial score (nSPS) is 12.4. The highest BCUT2D eigenvalue weighted by atomic mass is 19.1. The lowest BCUT2D eigenvalue weighted by atomic mass is 10.1. The fourth-order valence-corrected chi connectivity index (χ4v) is 3.21. The third kappa shape index (κ3) is 24.9. The van der Waals surface area contributed by atoms with E-state index in [0.29, 0.717) is 18.2 Å². The summed E-state index contributed by atoms with van der Waals surface area (Å²) in [7, 11) is 0. The maximum atomic E-state index is 13.0. The molecule has 2 aromatic heterocycles. The Balaban J connectivity index is 0.000000874. The molecule has 17 heteroatoms. The first kappa shape index (κ1) is 46.2. The van der Waals surface area contributed by atoms with Crippen LogP contribution in [-0.2, 0) is 22.6 Å². The van der Waals surface area contributed by atoms with Crippen LogP contribution >= 0.6 is 0 Å². The zero-order chi connectivity index (χ0) is 39.8. The molecule has 288 valence electrons. The van der Waals surface area contributed by atoms with E-state index in [4.69, 9.17) is 20.3 Å². The highest BCUT2D eigenvalue weighted by molar-refractivity contribution is 5.94. The Hall–Kier alpha value is -4.80. The number of ether oxygens (including phenoxy) is 2. The predicted octanol–water partition coefficient (Wildman–Crippen LogP) is 5.49. The number of alkyl carbamates (subject to hydrolysis) is 2. The number of carbonyl (C=O) groups excluding carboxylic acids is 3. The van der Waals surface area contributed by atoms with E-state index in [1.807, 2.05) is 41.5 Å². The molecule has 0 bridgehead atoms. The largest absolute Gasteiger partial charge is 0.478 e. The second kappa shape index (κ2) is 20.1. The van der Waals surface area contributed by atoms with Crippen molar-refractivity contribution in [1.29, 1.82) is 0 Å². The molecular weight excluding hydrogens is 670 g/mol.